The zero-order valence-electron chi connectivity index (χ0n) is 13.8. The highest BCUT2D eigenvalue weighted by Gasteiger charge is 2.21. The largest absolute Gasteiger partial charge is 0.494 e. The number of rotatable bonds is 6. The number of hydrogen-bond donors (Lipinski definition) is 1. The van der Waals surface area contributed by atoms with Gasteiger partial charge in [-0.3, -0.25) is 0 Å². The zero-order chi connectivity index (χ0) is 17.8. The number of ether oxygens (including phenoxy) is 2. The van der Waals surface area contributed by atoms with E-state index in [9.17, 15) is 4.39 Å². The van der Waals surface area contributed by atoms with Gasteiger partial charge in [-0.05, 0) is 29.8 Å². The van der Waals surface area contributed by atoms with Gasteiger partial charge in [-0.25, -0.2) is 9.38 Å². The minimum Gasteiger partial charge on any atom is -0.494 e. The first-order valence-corrected chi connectivity index (χ1v) is 8.22. The third kappa shape index (κ3) is 4.33. The van der Waals surface area contributed by atoms with Crippen LogP contribution in [0.2, 0.25) is 5.02 Å². The van der Waals surface area contributed by atoms with Crippen LogP contribution < -0.4 is 15.4 Å². The highest BCUT2D eigenvalue weighted by atomic mass is 35.5. The van der Waals surface area contributed by atoms with Crippen molar-refractivity contribution in [2.45, 2.75) is 12.6 Å². The minimum atomic E-state index is -0.399. The molecule has 0 fully saturated rings. The Morgan fingerprint density at radius 2 is 2.08 bits per heavy atom. The number of aliphatic imine (C=N–C) groups is 1. The number of nitrogens with zero attached hydrogens (tertiary/aromatic N) is 2. The first-order valence-electron chi connectivity index (χ1n) is 7.84. The molecule has 0 spiro atoms. The van der Waals surface area contributed by atoms with Crippen molar-refractivity contribution < 1.29 is 13.9 Å². The van der Waals surface area contributed by atoms with E-state index in [1.807, 2.05) is 24.3 Å². The lowest BCUT2D eigenvalue weighted by Gasteiger charge is -2.27. The van der Waals surface area contributed by atoms with Gasteiger partial charge in [-0.1, -0.05) is 23.7 Å². The van der Waals surface area contributed by atoms with Crippen LogP contribution in [-0.2, 0) is 11.3 Å². The molecule has 1 aliphatic heterocycles. The van der Waals surface area contributed by atoms with E-state index in [1.165, 1.54) is 13.2 Å². The first-order chi connectivity index (χ1) is 12.0. The third-order valence-electron chi connectivity index (χ3n) is 3.95. The van der Waals surface area contributed by atoms with Gasteiger partial charge in [0.25, 0.3) is 6.02 Å². The minimum absolute atomic E-state index is 0.0802. The molecule has 0 aromatic heterocycles. The van der Waals surface area contributed by atoms with E-state index in [2.05, 4.69) is 9.89 Å². The van der Waals surface area contributed by atoms with Crippen LogP contribution in [0.4, 0.5) is 10.1 Å². The van der Waals surface area contributed by atoms with E-state index in [0.29, 0.717) is 24.7 Å². The Morgan fingerprint density at radius 3 is 2.72 bits per heavy atom. The quantitative estimate of drug-likeness (QED) is 0.856. The second-order valence-electron chi connectivity index (χ2n) is 5.76. The van der Waals surface area contributed by atoms with Crippen LogP contribution in [0.25, 0.3) is 0 Å². The van der Waals surface area contributed by atoms with Gasteiger partial charge in [0.2, 0.25) is 0 Å². The average molecular weight is 364 g/mol. The molecule has 0 saturated heterocycles. The summed E-state index contributed by atoms with van der Waals surface area (Å²) in [7, 11) is 1.45. The number of nitrogens with two attached hydrogens (primary N) is 1. The summed E-state index contributed by atoms with van der Waals surface area (Å²) in [5, 5.41) is 0.681. The lowest BCUT2D eigenvalue weighted by Crippen LogP contribution is -2.32. The molecule has 7 heteroatoms. The molecule has 1 heterocycles. The highest BCUT2D eigenvalue weighted by Crippen LogP contribution is 2.26. The topological polar surface area (TPSA) is 60.1 Å². The maximum atomic E-state index is 13.7. The number of hydrogen-bond acceptors (Lipinski definition) is 5. The Hall–Kier alpha value is -2.47. The smallest absolute Gasteiger partial charge is 0.282 e. The van der Waals surface area contributed by atoms with Gasteiger partial charge >= 0.3 is 0 Å². The van der Waals surface area contributed by atoms with Gasteiger partial charge in [0.15, 0.2) is 11.6 Å². The van der Waals surface area contributed by atoms with Crippen molar-refractivity contribution in [3.63, 3.8) is 0 Å². The zero-order valence-corrected chi connectivity index (χ0v) is 14.5. The van der Waals surface area contributed by atoms with Gasteiger partial charge in [0, 0.05) is 29.9 Å². The van der Waals surface area contributed by atoms with Gasteiger partial charge in [0.05, 0.1) is 7.11 Å². The van der Waals surface area contributed by atoms with Crippen molar-refractivity contribution in [3.8, 4) is 5.75 Å². The maximum absolute atomic E-state index is 13.7. The van der Waals surface area contributed by atoms with E-state index >= 15 is 0 Å². The summed E-state index contributed by atoms with van der Waals surface area (Å²) in [5.74, 6) is -0.201. The van der Waals surface area contributed by atoms with Crippen LogP contribution in [-0.4, -0.2) is 32.3 Å². The molecule has 5 nitrogen and oxygen atoms in total. The van der Waals surface area contributed by atoms with E-state index in [-0.39, 0.29) is 17.8 Å². The van der Waals surface area contributed by atoms with Crippen LogP contribution in [0.15, 0.2) is 47.5 Å². The molecular formula is C18H19ClFN3O2. The van der Waals surface area contributed by atoms with Crippen molar-refractivity contribution in [1.29, 1.82) is 0 Å². The lowest BCUT2D eigenvalue weighted by atomic mass is 10.1. The van der Waals surface area contributed by atoms with Crippen molar-refractivity contribution in [1.82, 2.24) is 0 Å². The van der Waals surface area contributed by atoms with Crippen LogP contribution in [0, 0.1) is 5.82 Å². The average Bonchev–Trinajstić information content (AvgIpc) is 3.02. The monoisotopic (exact) mass is 363 g/mol. The molecular weight excluding hydrogens is 345 g/mol. The van der Waals surface area contributed by atoms with E-state index in [4.69, 9.17) is 26.8 Å². The fourth-order valence-corrected chi connectivity index (χ4v) is 2.83. The molecule has 0 aliphatic carbocycles. The lowest BCUT2D eigenvalue weighted by molar-refractivity contribution is 0.313. The van der Waals surface area contributed by atoms with Crippen molar-refractivity contribution in [2.24, 2.45) is 10.7 Å². The number of halogens is 2. The molecule has 1 unspecified atom stereocenters. The second-order valence-corrected chi connectivity index (χ2v) is 6.19. The SMILES string of the molecule is COc1cc(N(Cc2ccc(Cl)cc2)CC2COC(N)=N2)ccc1F. The summed E-state index contributed by atoms with van der Waals surface area (Å²) in [6.07, 6.45) is 0. The molecule has 0 saturated carbocycles. The van der Waals surface area contributed by atoms with E-state index in [0.717, 1.165) is 11.3 Å². The van der Waals surface area contributed by atoms with Crippen molar-refractivity contribution >= 4 is 23.3 Å². The summed E-state index contributed by atoms with van der Waals surface area (Å²) in [6.45, 7) is 1.62. The van der Waals surface area contributed by atoms with E-state index < -0.39 is 5.82 Å². The Balaban J connectivity index is 1.86. The standard InChI is InChI=1S/C18H19ClFN3O2/c1-24-17-8-15(6-7-16(17)20)23(10-14-11-25-18(21)22-14)9-12-2-4-13(19)5-3-12/h2-8,14H,9-11H2,1H3,(H2,21,22). The molecule has 132 valence electrons. The molecule has 0 radical (unpaired) electrons. The summed E-state index contributed by atoms with van der Waals surface area (Å²) in [6, 6.07) is 12.5. The Kier molecular flexibility index (Phi) is 5.28. The number of amidine groups is 1. The Morgan fingerprint density at radius 1 is 1.32 bits per heavy atom. The fraction of sp³-hybridized carbons (Fsp3) is 0.278. The Labute approximate surface area is 150 Å². The molecule has 25 heavy (non-hydrogen) atoms. The molecule has 0 bridgehead atoms. The van der Waals surface area contributed by atoms with Gasteiger partial charge in [-0.2, -0.15) is 0 Å². The van der Waals surface area contributed by atoms with Gasteiger partial charge in [-0.15, -0.1) is 0 Å². The number of methoxy groups -OCH3 is 1. The molecule has 1 atom stereocenters. The molecule has 3 rings (SSSR count). The van der Waals surface area contributed by atoms with Gasteiger partial charge < -0.3 is 20.1 Å². The van der Waals surface area contributed by atoms with Crippen LogP contribution in [0.5, 0.6) is 5.75 Å². The predicted molar refractivity (Wildman–Crippen MR) is 96.8 cm³/mol. The van der Waals surface area contributed by atoms with E-state index in [1.54, 1.807) is 12.1 Å². The van der Waals surface area contributed by atoms with Crippen LogP contribution in [0.3, 0.4) is 0 Å². The van der Waals surface area contributed by atoms with Crippen LogP contribution >= 0.6 is 11.6 Å². The number of benzene rings is 2. The summed E-state index contributed by atoms with van der Waals surface area (Å²) < 4.78 is 24.1. The number of anilines is 1. The molecule has 2 aromatic rings. The first kappa shape index (κ1) is 17.4. The Bertz CT molecular complexity index is 767. The fourth-order valence-electron chi connectivity index (χ4n) is 2.70. The molecule has 0 amide bonds. The van der Waals surface area contributed by atoms with Gasteiger partial charge in [0.1, 0.15) is 12.6 Å². The molecule has 2 aromatic carbocycles. The van der Waals surface area contributed by atoms with Crippen molar-refractivity contribution in [3.05, 3.63) is 58.9 Å². The molecule has 1 aliphatic rings. The summed E-state index contributed by atoms with van der Waals surface area (Å²) in [4.78, 5) is 6.36. The summed E-state index contributed by atoms with van der Waals surface area (Å²) >= 11 is 5.96. The maximum Gasteiger partial charge on any atom is 0.282 e. The second kappa shape index (κ2) is 7.61. The van der Waals surface area contributed by atoms with Crippen molar-refractivity contribution in [2.75, 3.05) is 25.2 Å². The predicted octanol–water partition coefficient (Wildman–Crippen LogP) is 3.21. The molecule has 2 N–H and O–H groups in total. The summed E-state index contributed by atoms with van der Waals surface area (Å²) in [5.41, 5.74) is 7.50. The third-order valence-corrected chi connectivity index (χ3v) is 4.20. The normalized spacial score (nSPS) is 16.3. The highest BCUT2D eigenvalue weighted by molar-refractivity contribution is 6.30. The van der Waals surface area contributed by atoms with Crippen LogP contribution in [0.1, 0.15) is 5.56 Å².